The Kier molecular flexibility index (Phi) is 4.96. The molecule has 1 aromatic carbocycles. The monoisotopic (exact) mass is 351 g/mol. The van der Waals surface area contributed by atoms with Crippen LogP contribution in [0.4, 0.5) is 13.2 Å². The van der Waals surface area contributed by atoms with Gasteiger partial charge < -0.3 is 10.1 Å². The van der Waals surface area contributed by atoms with Crippen LogP contribution in [0.5, 0.6) is 5.75 Å². The molecule has 6 heteroatoms. The molecular formula is C14H17BrF3NO. The lowest BCUT2D eigenvalue weighted by Crippen LogP contribution is -2.28. The highest BCUT2D eigenvalue weighted by atomic mass is 79.9. The van der Waals surface area contributed by atoms with Crippen LogP contribution in [0.15, 0.2) is 16.6 Å². The summed E-state index contributed by atoms with van der Waals surface area (Å²) in [6.07, 6.45) is -1.82. The van der Waals surface area contributed by atoms with Gasteiger partial charge in [-0.25, -0.2) is 0 Å². The van der Waals surface area contributed by atoms with E-state index in [1.807, 2.05) is 0 Å². The van der Waals surface area contributed by atoms with E-state index in [9.17, 15) is 13.2 Å². The van der Waals surface area contributed by atoms with Gasteiger partial charge in [0, 0.05) is 4.47 Å². The average Bonchev–Trinajstić information content (AvgIpc) is 2.38. The highest BCUT2D eigenvalue weighted by Gasteiger charge is 2.36. The second kappa shape index (κ2) is 6.35. The van der Waals surface area contributed by atoms with Crippen molar-refractivity contribution in [2.45, 2.75) is 25.4 Å². The molecule has 0 spiro atoms. The molecule has 0 aromatic heterocycles. The lowest BCUT2D eigenvalue weighted by molar-refractivity contribution is -0.138. The lowest BCUT2D eigenvalue weighted by atomic mass is 9.90. The molecule has 0 amide bonds. The second-order valence-electron chi connectivity index (χ2n) is 5.04. The van der Waals surface area contributed by atoms with E-state index in [0.717, 1.165) is 32.0 Å². The van der Waals surface area contributed by atoms with Crippen molar-refractivity contribution in [2.24, 2.45) is 5.92 Å². The number of rotatable bonds is 3. The summed E-state index contributed by atoms with van der Waals surface area (Å²) in [6, 6.07) is 2.81. The molecule has 20 heavy (non-hydrogen) atoms. The Bertz CT molecular complexity index is 470. The number of halogens is 4. The van der Waals surface area contributed by atoms with E-state index < -0.39 is 11.7 Å². The number of hydrogen-bond donors (Lipinski definition) is 1. The number of methoxy groups -OCH3 is 1. The minimum atomic E-state index is -4.40. The van der Waals surface area contributed by atoms with Crippen LogP contribution in [0.2, 0.25) is 0 Å². The maximum atomic E-state index is 13.1. The Morgan fingerprint density at radius 2 is 1.95 bits per heavy atom. The smallest absolute Gasteiger partial charge is 0.420 e. The van der Waals surface area contributed by atoms with Crippen LogP contribution in [-0.2, 0) is 12.6 Å². The van der Waals surface area contributed by atoms with Gasteiger partial charge in [0.05, 0.1) is 12.7 Å². The molecule has 1 aliphatic rings. The third-order valence-electron chi connectivity index (χ3n) is 3.61. The topological polar surface area (TPSA) is 21.3 Å². The van der Waals surface area contributed by atoms with Crippen molar-refractivity contribution in [1.82, 2.24) is 5.32 Å². The molecule has 0 radical (unpaired) electrons. The maximum Gasteiger partial charge on any atom is 0.420 e. The van der Waals surface area contributed by atoms with Crippen molar-refractivity contribution in [3.05, 3.63) is 27.7 Å². The summed E-state index contributed by atoms with van der Waals surface area (Å²) in [5, 5.41) is 3.26. The average molecular weight is 352 g/mol. The first-order valence-electron chi connectivity index (χ1n) is 6.56. The van der Waals surface area contributed by atoms with Crippen LogP contribution in [0, 0.1) is 5.92 Å². The van der Waals surface area contributed by atoms with Gasteiger partial charge in [0.15, 0.2) is 0 Å². The Hall–Kier alpha value is -0.750. The van der Waals surface area contributed by atoms with Gasteiger partial charge in [-0.3, -0.25) is 0 Å². The number of benzene rings is 1. The molecule has 2 rings (SSSR count). The van der Waals surface area contributed by atoms with Gasteiger partial charge in [-0.2, -0.15) is 13.2 Å². The zero-order valence-corrected chi connectivity index (χ0v) is 12.8. The van der Waals surface area contributed by atoms with Gasteiger partial charge in [0.1, 0.15) is 5.75 Å². The van der Waals surface area contributed by atoms with Crippen molar-refractivity contribution < 1.29 is 17.9 Å². The molecule has 2 nitrogen and oxygen atoms in total. The zero-order valence-electron chi connectivity index (χ0n) is 11.2. The standard InChI is InChI=1S/C14H17BrF3NO/c1-20-13-10(6-9-2-4-19-5-3-9)7-11(15)8-12(13)14(16,17)18/h7-9,19H,2-6H2,1H3. The van der Waals surface area contributed by atoms with E-state index in [2.05, 4.69) is 21.2 Å². The Morgan fingerprint density at radius 1 is 1.30 bits per heavy atom. The van der Waals surface area contributed by atoms with Crippen LogP contribution in [-0.4, -0.2) is 20.2 Å². The fourth-order valence-corrected chi connectivity index (χ4v) is 3.16. The van der Waals surface area contributed by atoms with Crippen molar-refractivity contribution in [1.29, 1.82) is 0 Å². The summed E-state index contributed by atoms with van der Waals surface area (Å²) in [4.78, 5) is 0. The Morgan fingerprint density at radius 3 is 2.50 bits per heavy atom. The van der Waals surface area contributed by atoms with Crippen LogP contribution in [0.25, 0.3) is 0 Å². The third-order valence-corrected chi connectivity index (χ3v) is 4.07. The highest BCUT2D eigenvalue weighted by Crippen LogP contribution is 2.41. The van der Waals surface area contributed by atoms with Crippen molar-refractivity contribution >= 4 is 15.9 Å². The van der Waals surface area contributed by atoms with Crippen molar-refractivity contribution in [3.63, 3.8) is 0 Å². The quantitative estimate of drug-likeness (QED) is 0.887. The summed E-state index contributed by atoms with van der Waals surface area (Å²) in [5.74, 6) is 0.361. The molecule has 1 fully saturated rings. The first kappa shape index (κ1) is 15.6. The summed E-state index contributed by atoms with van der Waals surface area (Å²) in [6.45, 7) is 1.85. The number of nitrogens with one attached hydrogen (secondary N) is 1. The van der Waals surface area contributed by atoms with E-state index in [0.29, 0.717) is 22.4 Å². The molecular weight excluding hydrogens is 335 g/mol. The number of alkyl halides is 3. The molecule has 0 bridgehead atoms. The molecule has 0 unspecified atom stereocenters. The van der Waals surface area contributed by atoms with Crippen LogP contribution in [0.3, 0.4) is 0 Å². The first-order valence-corrected chi connectivity index (χ1v) is 7.35. The molecule has 1 saturated heterocycles. The minimum Gasteiger partial charge on any atom is -0.496 e. The molecule has 0 atom stereocenters. The lowest BCUT2D eigenvalue weighted by Gasteiger charge is -2.24. The SMILES string of the molecule is COc1c(CC2CCNCC2)cc(Br)cc1C(F)(F)F. The van der Waals surface area contributed by atoms with Crippen LogP contribution >= 0.6 is 15.9 Å². The molecule has 112 valence electrons. The predicted octanol–water partition coefficient (Wildman–Crippen LogP) is 4.02. The third kappa shape index (κ3) is 3.67. The maximum absolute atomic E-state index is 13.1. The van der Waals surface area contributed by atoms with E-state index in [4.69, 9.17) is 4.74 Å². The number of hydrogen-bond acceptors (Lipinski definition) is 2. The Balaban J connectivity index is 2.33. The van der Waals surface area contributed by atoms with Gasteiger partial charge in [-0.15, -0.1) is 0 Å². The van der Waals surface area contributed by atoms with Crippen LogP contribution < -0.4 is 10.1 Å². The predicted molar refractivity (Wildman–Crippen MR) is 75.0 cm³/mol. The van der Waals surface area contributed by atoms with Crippen LogP contribution in [0.1, 0.15) is 24.0 Å². The fourth-order valence-electron chi connectivity index (χ4n) is 2.65. The van der Waals surface area contributed by atoms with E-state index >= 15 is 0 Å². The summed E-state index contributed by atoms with van der Waals surface area (Å²) in [7, 11) is 1.30. The second-order valence-corrected chi connectivity index (χ2v) is 5.96. The van der Waals surface area contributed by atoms with E-state index in [-0.39, 0.29) is 5.75 Å². The minimum absolute atomic E-state index is 0.0424. The molecule has 1 heterocycles. The Labute approximate surface area is 124 Å². The zero-order chi connectivity index (χ0) is 14.8. The van der Waals surface area contributed by atoms with E-state index in [1.54, 1.807) is 6.07 Å². The molecule has 0 saturated carbocycles. The fraction of sp³-hybridized carbons (Fsp3) is 0.571. The van der Waals surface area contributed by atoms with Gasteiger partial charge in [-0.05, 0) is 56.0 Å². The molecule has 1 aromatic rings. The highest BCUT2D eigenvalue weighted by molar-refractivity contribution is 9.10. The summed E-state index contributed by atoms with van der Waals surface area (Å²) in [5.41, 5.74) is -0.0839. The molecule has 0 aliphatic carbocycles. The van der Waals surface area contributed by atoms with Gasteiger partial charge in [0.25, 0.3) is 0 Å². The summed E-state index contributed by atoms with van der Waals surface area (Å²) >= 11 is 3.17. The normalized spacial score (nSPS) is 17.2. The molecule has 1 aliphatic heterocycles. The number of ether oxygens (including phenoxy) is 1. The van der Waals surface area contributed by atoms with Gasteiger partial charge >= 0.3 is 6.18 Å². The van der Waals surface area contributed by atoms with E-state index in [1.165, 1.54) is 7.11 Å². The van der Waals surface area contributed by atoms with Gasteiger partial charge in [0.2, 0.25) is 0 Å². The largest absolute Gasteiger partial charge is 0.496 e. The van der Waals surface area contributed by atoms with Crippen molar-refractivity contribution in [3.8, 4) is 5.75 Å². The summed E-state index contributed by atoms with van der Waals surface area (Å²) < 4.78 is 44.7. The van der Waals surface area contributed by atoms with Gasteiger partial charge in [-0.1, -0.05) is 15.9 Å². The van der Waals surface area contributed by atoms with Crippen molar-refractivity contribution in [2.75, 3.05) is 20.2 Å². The first-order chi connectivity index (χ1) is 9.41. The number of piperidine rings is 1. The molecule has 1 N–H and O–H groups in total.